The van der Waals surface area contributed by atoms with Crippen LogP contribution in [0, 0.1) is 33.6 Å². The van der Waals surface area contributed by atoms with Gasteiger partial charge in [0.2, 0.25) is 5.50 Å². The molecule has 0 saturated heterocycles. The smallest absolute Gasteiger partial charge is 0.391 e. The highest BCUT2D eigenvalue weighted by molar-refractivity contribution is 7.59. The van der Waals surface area contributed by atoms with Crippen LogP contribution >= 0.6 is 7.60 Å². The van der Waals surface area contributed by atoms with E-state index >= 15 is 0 Å². The van der Waals surface area contributed by atoms with Crippen LogP contribution in [0.1, 0.15) is 36.1 Å². The summed E-state index contributed by atoms with van der Waals surface area (Å²) in [5.41, 5.74) is 6.38. The van der Waals surface area contributed by atoms with Crippen LogP contribution in [0.25, 0.3) is 22.6 Å². The van der Waals surface area contributed by atoms with Gasteiger partial charge in [-0.3, -0.25) is 4.57 Å². The van der Waals surface area contributed by atoms with Crippen molar-refractivity contribution in [3.05, 3.63) is 34.4 Å². The summed E-state index contributed by atoms with van der Waals surface area (Å²) in [4.78, 5) is 23.5. The third-order valence-corrected chi connectivity index (χ3v) is 5.83. The number of nitrogens with zero attached hydrogens (tertiary/aromatic N) is 2. The molecule has 0 fully saturated rings. The number of hydrogen-bond acceptors (Lipinski definition) is 3. The Morgan fingerprint density at radius 1 is 1.08 bits per heavy atom. The highest BCUT2D eigenvalue weighted by atomic mass is 31.2. The van der Waals surface area contributed by atoms with Crippen molar-refractivity contribution in [1.82, 2.24) is 9.55 Å². The van der Waals surface area contributed by atoms with E-state index in [1.165, 1.54) is 22.8 Å². The van der Waals surface area contributed by atoms with E-state index in [9.17, 15) is 14.4 Å². The Kier molecular flexibility index (Phi) is 4.63. The Labute approximate surface area is 153 Å². The predicted octanol–water partition coefficient (Wildman–Crippen LogP) is 3.99. The molecule has 7 heteroatoms. The van der Waals surface area contributed by atoms with Crippen LogP contribution in [-0.2, 0) is 11.1 Å². The van der Waals surface area contributed by atoms with Crippen molar-refractivity contribution >= 4 is 24.1 Å². The first-order valence-electron chi connectivity index (χ1n) is 8.65. The predicted molar refractivity (Wildman–Crippen MR) is 103 cm³/mol. The van der Waals surface area contributed by atoms with Crippen LogP contribution in [0.2, 0.25) is 0 Å². The van der Waals surface area contributed by atoms with E-state index in [4.69, 9.17) is 9.40 Å². The number of imidazole rings is 1. The molecule has 0 spiro atoms. The van der Waals surface area contributed by atoms with Crippen LogP contribution in [-0.4, -0.2) is 19.3 Å². The van der Waals surface area contributed by atoms with E-state index in [0.717, 1.165) is 23.1 Å². The van der Waals surface area contributed by atoms with E-state index in [2.05, 4.69) is 46.1 Å². The van der Waals surface area contributed by atoms with Gasteiger partial charge in [0.15, 0.2) is 11.6 Å². The van der Waals surface area contributed by atoms with Crippen molar-refractivity contribution in [2.75, 3.05) is 0 Å². The first kappa shape index (κ1) is 18.9. The summed E-state index contributed by atoms with van der Waals surface area (Å²) < 4.78 is 19.1. The normalized spacial score (nSPS) is 12.5. The molecule has 2 N–H and O–H groups in total. The monoisotopic (exact) mass is 376 g/mol. The number of aryl methyl sites for hydroxylation is 2. The molecule has 0 radical (unpaired) electrons. The van der Waals surface area contributed by atoms with Crippen molar-refractivity contribution in [3.63, 3.8) is 0 Å². The van der Waals surface area contributed by atoms with Crippen LogP contribution in [0.3, 0.4) is 0 Å². The molecule has 0 saturated carbocycles. The minimum atomic E-state index is -4.43. The van der Waals surface area contributed by atoms with Gasteiger partial charge in [-0.1, -0.05) is 13.8 Å². The molecule has 6 nitrogen and oxygen atoms in total. The van der Waals surface area contributed by atoms with Gasteiger partial charge in [-0.25, -0.2) is 4.98 Å². The van der Waals surface area contributed by atoms with Gasteiger partial charge >= 0.3 is 7.60 Å². The summed E-state index contributed by atoms with van der Waals surface area (Å²) in [6.45, 7) is 13.4. The lowest BCUT2D eigenvalue weighted by Gasteiger charge is -2.15. The second-order valence-corrected chi connectivity index (χ2v) is 8.85. The third-order valence-electron chi connectivity index (χ3n) is 5.01. The van der Waals surface area contributed by atoms with E-state index in [1.807, 2.05) is 0 Å². The second kappa shape index (κ2) is 6.38. The van der Waals surface area contributed by atoms with Crippen molar-refractivity contribution in [2.24, 2.45) is 5.92 Å². The molecular formula is C19H25N2O4P. The zero-order chi connectivity index (χ0) is 19.4. The fourth-order valence-electron chi connectivity index (χ4n) is 3.35. The van der Waals surface area contributed by atoms with Crippen LogP contribution in [0.4, 0.5) is 0 Å². The maximum absolute atomic E-state index is 11.5. The summed E-state index contributed by atoms with van der Waals surface area (Å²) in [6, 6.07) is 2.90. The molecule has 2 aromatic heterocycles. The highest BCUT2D eigenvalue weighted by Crippen LogP contribution is 2.37. The fourth-order valence-corrected chi connectivity index (χ4v) is 3.83. The average Bonchev–Trinajstić information content (AvgIpc) is 3.15. The first-order chi connectivity index (χ1) is 12.0. The third kappa shape index (κ3) is 3.02. The molecule has 0 atom stereocenters. The quantitative estimate of drug-likeness (QED) is 0.672. The zero-order valence-corrected chi connectivity index (χ0v) is 16.9. The van der Waals surface area contributed by atoms with Crippen LogP contribution < -0.4 is 5.50 Å². The lowest BCUT2D eigenvalue weighted by Crippen LogP contribution is -2.07. The van der Waals surface area contributed by atoms with Gasteiger partial charge in [-0.05, 0) is 68.0 Å². The number of fused-ring (bicyclic) bond motifs is 1. The number of rotatable bonds is 4. The van der Waals surface area contributed by atoms with Crippen LogP contribution in [0.15, 0.2) is 16.5 Å². The first-order valence-corrected chi connectivity index (χ1v) is 10.3. The van der Waals surface area contributed by atoms with Crippen LogP contribution in [0.5, 0.6) is 0 Å². The largest absolute Gasteiger partial charge is 0.445 e. The van der Waals surface area contributed by atoms with Crippen molar-refractivity contribution < 1.29 is 18.8 Å². The van der Waals surface area contributed by atoms with Gasteiger partial charge in [-0.2, -0.15) is 0 Å². The summed E-state index contributed by atoms with van der Waals surface area (Å²) in [7, 11) is -4.43. The second-order valence-electron chi connectivity index (χ2n) is 7.32. The summed E-state index contributed by atoms with van der Waals surface area (Å²) in [5, 5.41) is 0. The maximum atomic E-state index is 11.5. The van der Waals surface area contributed by atoms with E-state index in [0.29, 0.717) is 17.5 Å². The molecule has 0 bridgehead atoms. The molecule has 3 rings (SSSR count). The standard InChI is InChI=1S/C19H25N2O4P/c1-10(2)9-21-18-14(6)12(4)11(3)13(5)17(18)20-19(21)15-7-8-16(25-15)26(22,23)24/h7-8,10H,9H2,1-6H3,(H2,22,23,24). The van der Waals surface area contributed by atoms with Gasteiger partial charge in [-0.15, -0.1) is 0 Å². The summed E-state index contributed by atoms with van der Waals surface area (Å²) in [6.07, 6.45) is 0. The van der Waals surface area contributed by atoms with Crippen molar-refractivity contribution in [3.8, 4) is 11.6 Å². The van der Waals surface area contributed by atoms with Gasteiger partial charge in [0.1, 0.15) is 0 Å². The van der Waals surface area contributed by atoms with Gasteiger partial charge < -0.3 is 18.8 Å². The van der Waals surface area contributed by atoms with E-state index in [1.54, 1.807) is 6.07 Å². The van der Waals surface area contributed by atoms with E-state index < -0.39 is 7.60 Å². The fraction of sp³-hybridized carbons (Fsp3) is 0.421. The molecule has 26 heavy (non-hydrogen) atoms. The molecule has 1 aromatic carbocycles. The summed E-state index contributed by atoms with van der Waals surface area (Å²) >= 11 is 0. The van der Waals surface area contributed by atoms with Crippen molar-refractivity contribution in [1.29, 1.82) is 0 Å². The molecule has 140 valence electrons. The minimum absolute atomic E-state index is 0.337. The maximum Gasteiger partial charge on any atom is 0.391 e. The zero-order valence-electron chi connectivity index (χ0n) is 16.0. The Morgan fingerprint density at radius 2 is 1.69 bits per heavy atom. The topological polar surface area (TPSA) is 88.5 Å². The molecule has 0 unspecified atom stereocenters. The molecular weight excluding hydrogens is 351 g/mol. The molecule has 3 aromatic rings. The van der Waals surface area contributed by atoms with E-state index in [-0.39, 0.29) is 5.50 Å². The Morgan fingerprint density at radius 3 is 2.23 bits per heavy atom. The highest BCUT2D eigenvalue weighted by Gasteiger charge is 2.26. The lowest BCUT2D eigenvalue weighted by molar-refractivity contribution is 0.377. The molecule has 0 aliphatic heterocycles. The lowest BCUT2D eigenvalue weighted by atomic mass is 9.97. The molecule has 0 aliphatic carbocycles. The van der Waals surface area contributed by atoms with Gasteiger partial charge in [0, 0.05) is 6.54 Å². The van der Waals surface area contributed by atoms with Gasteiger partial charge in [0.05, 0.1) is 11.0 Å². The number of hydrogen-bond donors (Lipinski definition) is 2. The number of aromatic nitrogens is 2. The van der Waals surface area contributed by atoms with Gasteiger partial charge in [0.25, 0.3) is 0 Å². The molecule has 0 aliphatic rings. The number of furan rings is 1. The minimum Gasteiger partial charge on any atom is -0.445 e. The Bertz CT molecular complexity index is 1040. The number of benzene rings is 1. The SMILES string of the molecule is Cc1c(C)c(C)c2c(nc(-c3ccc(P(=O)(O)O)o3)n2CC(C)C)c1C. The van der Waals surface area contributed by atoms with Crippen molar-refractivity contribution in [2.45, 2.75) is 48.1 Å². The molecule has 0 amide bonds. The average molecular weight is 376 g/mol. The summed E-state index contributed by atoms with van der Waals surface area (Å²) in [5.74, 6) is 1.35. The molecule has 2 heterocycles. The Hall–Kier alpha value is -1.88. The Balaban J connectivity index is 2.35.